The second-order valence-corrected chi connectivity index (χ2v) is 6.29. The topological polar surface area (TPSA) is 68.0 Å². The van der Waals surface area contributed by atoms with Gasteiger partial charge in [-0.2, -0.15) is 0 Å². The zero-order valence-corrected chi connectivity index (χ0v) is 13.2. The average Bonchev–Trinajstić information content (AvgIpc) is 2.91. The minimum Gasteiger partial charge on any atom is -0.431 e. The number of anilines is 1. The predicted molar refractivity (Wildman–Crippen MR) is 87.2 cm³/mol. The number of fused-ring (bicyclic) bond motifs is 1. The maximum atomic E-state index is 12.1. The van der Waals surface area contributed by atoms with Crippen molar-refractivity contribution in [3.05, 3.63) is 47.6 Å². The van der Waals surface area contributed by atoms with Crippen LogP contribution in [0.1, 0.15) is 6.92 Å². The summed E-state index contributed by atoms with van der Waals surface area (Å²) in [5.74, 6) is 0.279. The van der Waals surface area contributed by atoms with E-state index in [0.717, 1.165) is 5.52 Å². The van der Waals surface area contributed by atoms with Gasteiger partial charge in [-0.05, 0) is 31.2 Å². The Kier molecular flexibility index (Phi) is 4.31. The van der Waals surface area contributed by atoms with Gasteiger partial charge in [0.2, 0.25) is 5.91 Å². The number of thioether (sulfide) groups is 1. The van der Waals surface area contributed by atoms with Crippen LogP contribution in [0.4, 0.5) is 5.82 Å². The molecule has 0 saturated heterocycles. The van der Waals surface area contributed by atoms with Crippen LogP contribution >= 0.6 is 23.4 Å². The SMILES string of the molecule is CC(Sc1nc2ccccc2o1)C(=O)Nc1ccc(Cl)cn1. The molecule has 0 aliphatic rings. The van der Waals surface area contributed by atoms with Gasteiger partial charge in [0.25, 0.3) is 5.22 Å². The molecule has 3 aromatic rings. The van der Waals surface area contributed by atoms with Crippen molar-refractivity contribution in [2.75, 3.05) is 5.32 Å². The lowest BCUT2D eigenvalue weighted by Gasteiger charge is -2.09. The van der Waals surface area contributed by atoms with Crippen LogP contribution in [0, 0.1) is 0 Å². The molecule has 5 nitrogen and oxygen atoms in total. The maximum absolute atomic E-state index is 12.1. The molecule has 0 saturated carbocycles. The summed E-state index contributed by atoms with van der Waals surface area (Å²) in [6.07, 6.45) is 1.48. The Balaban J connectivity index is 1.66. The van der Waals surface area contributed by atoms with Crippen LogP contribution in [0.5, 0.6) is 0 Å². The first-order chi connectivity index (χ1) is 10.6. The Morgan fingerprint density at radius 3 is 2.86 bits per heavy atom. The summed E-state index contributed by atoms with van der Waals surface area (Å²) in [4.78, 5) is 20.5. The maximum Gasteiger partial charge on any atom is 0.257 e. The van der Waals surface area contributed by atoms with Gasteiger partial charge in [0.15, 0.2) is 5.58 Å². The van der Waals surface area contributed by atoms with Gasteiger partial charge in [-0.25, -0.2) is 9.97 Å². The molecule has 0 fully saturated rings. The molecule has 2 heterocycles. The van der Waals surface area contributed by atoms with E-state index in [2.05, 4.69) is 15.3 Å². The first kappa shape index (κ1) is 14.9. The molecule has 1 aromatic carbocycles. The molecule has 7 heteroatoms. The molecule has 22 heavy (non-hydrogen) atoms. The molecule has 1 unspecified atom stereocenters. The smallest absolute Gasteiger partial charge is 0.257 e. The standard InChI is InChI=1S/C15H12ClN3O2S/c1-9(14(20)19-13-7-6-10(16)8-17-13)22-15-18-11-4-2-3-5-12(11)21-15/h2-9H,1H3,(H,17,19,20). The van der Waals surface area contributed by atoms with Gasteiger partial charge in [0, 0.05) is 6.20 Å². The molecular formula is C15H12ClN3O2S. The van der Waals surface area contributed by atoms with Crippen LogP contribution in [0.3, 0.4) is 0 Å². The third kappa shape index (κ3) is 3.40. The van der Waals surface area contributed by atoms with Crippen molar-refractivity contribution in [2.45, 2.75) is 17.4 Å². The lowest BCUT2D eigenvalue weighted by atomic mass is 10.3. The van der Waals surface area contributed by atoms with E-state index in [1.807, 2.05) is 24.3 Å². The predicted octanol–water partition coefficient (Wildman–Crippen LogP) is 4.00. The molecule has 0 aliphatic carbocycles. The molecule has 1 N–H and O–H groups in total. The Morgan fingerprint density at radius 2 is 2.14 bits per heavy atom. The second kappa shape index (κ2) is 6.37. The summed E-state index contributed by atoms with van der Waals surface area (Å²) in [6, 6.07) is 10.8. The number of aromatic nitrogens is 2. The number of nitrogens with zero attached hydrogens (tertiary/aromatic N) is 2. The molecule has 1 atom stereocenters. The molecule has 0 spiro atoms. The number of hydrogen-bond acceptors (Lipinski definition) is 5. The third-order valence-electron chi connectivity index (χ3n) is 2.90. The summed E-state index contributed by atoms with van der Waals surface area (Å²) in [5.41, 5.74) is 1.48. The number of amides is 1. The molecule has 0 aliphatic heterocycles. The molecule has 0 bridgehead atoms. The highest BCUT2D eigenvalue weighted by Gasteiger charge is 2.18. The lowest BCUT2D eigenvalue weighted by molar-refractivity contribution is -0.115. The molecule has 3 rings (SSSR count). The van der Waals surface area contributed by atoms with Crippen LogP contribution < -0.4 is 5.32 Å². The number of rotatable bonds is 4. The fourth-order valence-corrected chi connectivity index (χ4v) is 2.65. The van der Waals surface area contributed by atoms with E-state index in [0.29, 0.717) is 21.6 Å². The molecule has 0 radical (unpaired) electrons. The van der Waals surface area contributed by atoms with Crippen LogP contribution in [-0.2, 0) is 4.79 Å². The van der Waals surface area contributed by atoms with Crippen molar-refractivity contribution in [2.24, 2.45) is 0 Å². The number of pyridine rings is 1. The largest absolute Gasteiger partial charge is 0.431 e. The van der Waals surface area contributed by atoms with Crippen LogP contribution in [0.25, 0.3) is 11.1 Å². The van der Waals surface area contributed by atoms with Crippen molar-refractivity contribution in [3.8, 4) is 0 Å². The monoisotopic (exact) mass is 333 g/mol. The number of hydrogen-bond donors (Lipinski definition) is 1. The van der Waals surface area contributed by atoms with Gasteiger partial charge >= 0.3 is 0 Å². The summed E-state index contributed by atoms with van der Waals surface area (Å²) < 4.78 is 5.59. The Bertz CT molecular complexity index is 771. The van der Waals surface area contributed by atoms with E-state index in [-0.39, 0.29) is 11.2 Å². The van der Waals surface area contributed by atoms with Gasteiger partial charge in [-0.3, -0.25) is 4.79 Å². The number of nitrogens with one attached hydrogen (secondary N) is 1. The van der Waals surface area contributed by atoms with Crippen LogP contribution in [0.2, 0.25) is 5.02 Å². The Hall–Kier alpha value is -2.05. The zero-order chi connectivity index (χ0) is 15.5. The van der Waals surface area contributed by atoms with Crippen LogP contribution in [-0.4, -0.2) is 21.1 Å². The van der Waals surface area contributed by atoms with Gasteiger partial charge in [0.1, 0.15) is 11.3 Å². The van der Waals surface area contributed by atoms with E-state index in [1.54, 1.807) is 19.1 Å². The molecule has 112 valence electrons. The number of halogens is 1. The van der Waals surface area contributed by atoms with Gasteiger partial charge in [0.05, 0.1) is 10.3 Å². The summed E-state index contributed by atoms with van der Waals surface area (Å²) in [6.45, 7) is 1.78. The number of oxazole rings is 1. The Morgan fingerprint density at radius 1 is 1.32 bits per heavy atom. The fraction of sp³-hybridized carbons (Fsp3) is 0.133. The summed E-state index contributed by atoms with van der Waals surface area (Å²) in [5, 5.41) is 3.34. The number of benzene rings is 1. The molecule has 2 aromatic heterocycles. The number of para-hydroxylation sites is 2. The van der Waals surface area contributed by atoms with Crippen molar-refractivity contribution in [3.63, 3.8) is 0 Å². The van der Waals surface area contributed by atoms with E-state index >= 15 is 0 Å². The highest BCUT2D eigenvalue weighted by Crippen LogP contribution is 2.27. The summed E-state index contributed by atoms with van der Waals surface area (Å²) >= 11 is 7.01. The minimum absolute atomic E-state index is 0.179. The number of carbonyl (C=O) groups is 1. The third-order valence-corrected chi connectivity index (χ3v) is 4.07. The average molecular weight is 334 g/mol. The second-order valence-electron chi connectivity index (χ2n) is 4.56. The van der Waals surface area contributed by atoms with Crippen LogP contribution in [0.15, 0.2) is 52.2 Å². The van der Waals surface area contributed by atoms with Gasteiger partial charge in [-0.1, -0.05) is 35.5 Å². The first-order valence-electron chi connectivity index (χ1n) is 6.56. The van der Waals surface area contributed by atoms with Crippen molar-refractivity contribution >= 4 is 46.2 Å². The van der Waals surface area contributed by atoms with Gasteiger partial charge < -0.3 is 9.73 Å². The van der Waals surface area contributed by atoms with E-state index in [4.69, 9.17) is 16.0 Å². The zero-order valence-electron chi connectivity index (χ0n) is 11.6. The van der Waals surface area contributed by atoms with Gasteiger partial charge in [-0.15, -0.1) is 0 Å². The van der Waals surface area contributed by atoms with Crippen molar-refractivity contribution in [1.82, 2.24) is 9.97 Å². The van der Waals surface area contributed by atoms with E-state index in [1.165, 1.54) is 18.0 Å². The number of carbonyl (C=O) groups excluding carboxylic acids is 1. The highest BCUT2D eigenvalue weighted by molar-refractivity contribution is 8.00. The molecule has 1 amide bonds. The normalized spacial score (nSPS) is 12.3. The van der Waals surface area contributed by atoms with E-state index in [9.17, 15) is 4.79 Å². The van der Waals surface area contributed by atoms with Crippen molar-refractivity contribution in [1.29, 1.82) is 0 Å². The first-order valence-corrected chi connectivity index (χ1v) is 7.82. The quantitative estimate of drug-likeness (QED) is 0.731. The lowest BCUT2D eigenvalue weighted by Crippen LogP contribution is -2.22. The molecular weight excluding hydrogens is 322 g/mol. The van der Waals surface area contributed by atoms with Crippen molar-refractivity contribution < 1.29 is 9.21 Å². The summed E-state index contributed by atoms with van der Waals surface area (Å²) in [7, 11) is 0. The fourth-order valence-electron chi connectivity index (χ4n) is 1.78. The Labute approximate surface area is 136 Å². The van der Waals surface area contributed by atoms with E-state index < -0.39 is 0 Å². The highest BCUT2D eigenvalue weighted by atomic mass is 35.5. The minimum atomic E-state index is -0.370.